The van der Waals surface area contributed by atoms with Crippen LogP contribution in [0.5, 0.6) is 0 Å². The van der Waals surface area contributed by atoms with Crippen LogP contribution >= 0.6 is 0 Å². The molecule has 16 heavy (non-hydrogen) atoms. The van der Waals surface area contributed by atoms with E-state index in [0.29, 0.717) is 0 Å². The van der Waals surface area contributed by atoms with Crippen LogP contribution < -0.4 is 5.32 Å². The third kappa shape index (κ3) is 2.27. The van der Waals surface area contributed by atoms with Crippen molar-refractivity contribution in [1.29, 1.82) is 0 Å². The number of hydrogen-bond acceptors (Lipinski definition) is 2. The second kappa shape index (κ2) is 5.16. The van der Waals surface area contributed by atoms with Crippen LogP contribution in [0.1, 0.15) is 23.8 Å². The fraction of sp³-hybridized carbons (Fsp3) is 0.583. The molecular formula is C12H19N3O. The van der Waals surface area contributed by atoms with E-state index in [1.807, 2.05) is 27.8 Å². The van der Waals surface area contributed by atoms with Crippen molar-refractivity contribution in [3.63, 3.8) is 0 Å². The molecule has 1 aliphatic heterocycles. The van der Waals surface area contributed by atoms with Gasteiger partial charge in [-0.15, -0.1) is 0 Å². The molecule has 0 saturated carbocycles. The van der Waals surface area contributed by atoms with Crippen molar-refractivity contribution < 1.29 is 4.79 Å². The molecule has 1 amide bonds. The van der Waals surface area contributed by atoms with E-state index >= 15 is 0 Å². The average Bonchev–Trinajstić information content (AvgIpc) is 2.78. The first-order chi connectivity index (χ1) is 7.83. The lowest BCUT2D eigenvalue weighted by molar-refractivity contribution is 0.0724. The number of piperazine rings is 1. The van der Waals surface area contributed by atoms with Gasteiger partial charge in [-0.2, -0.15) is 0 Å². The molecule has 0 aromatic carbocycles. The molecule has 1 aromatic heterocycles. The van der Waals surface area contributed by atoms with Crippen molar-refractivity contribution >= 4 is 5.91 Å². The van der Waals surface area contributed by atoms with Crippen LogP contribution in [-0.2, 0) is 6.54 Å². The van der Waals surface area contributed by atoms with E-state index in [1.54, 1.807) is 0 Å². The molecular weight excluding hydrogens is 202 g/mol. The normalized spacial score (nSPS) is 16.4. The number of nitrogens with one attached hydrogen (secondary N) is 1. The quantitative estimate of drug-likeness (QED) is 0.825. The second-order valence-corrected chi connectivity index (χ2v) is 4.13. The van der Waals surface area contributed by atoms with Crippen LogP contribution in [0, 0.1) is 0 Å². The Morgan fingerprint density at radius 3 is 2.88 bits per heavy atom. The molecule has 1 N–H and O–H groups in total. The van der Waals surface area contributed by atoms with Gasteiger partial charge in [-0.3, -0.25) is 4.79 Å². The third-order valence-corrected chi connectivity index (χ3v) is 2.92. The number of aryl methyl sites for hydroxylation is 1. The number of carbonyl (C=O) groups excluding carboxylic acids is 1. The molecule has 0 radical (unpaired) electrons. The lowest BCUT2D eigenvalue weighted by atomic mass is 10.3. The van der Waals surface area contributed by atoms with Gasteiger partial charge >= 0.3 is 0 Å². The summed E-state index contributed by atoms with van der Waals surface area (Å²) < 4.78 is 2.05. The van der Waals surface area contributed by atoms with Crippen molar-refractivity contribution in [3.8, 4) is 0 Å². The Labute approximate surface area is 96.2 Å². The minimum Gasteiger partial charge on any atom is -0.344 e. The largest absolute Gasteiger partial charge is 0.344 e. The highest BCUT2D eigenvalue weighted by molar-refractivity contribution is 5.92. The summed E-state index contributed by atoms with van der Waals surface area (Å²) in [6.07, 6.45) is 3.04. The summed E-state index contributed by atoms with van der Waals surface area (Å²) in [7, 11) is 0. The van der Waals surface area contributed by atoms with E-state index in [1.165, 1.54) is 0 Å². The molecule has 0 unspecified atom stereocenters. The van der Waals surface area contributed by atoms with Gasteiger partial charge in [-0.05, 0) is 18.6 Å². The predicted octanol–water partition coefficient (Wildman–Crippen LogP) is 0.943. The maximum atomic E-state index is 12.2. The zero-order chi connectivity index (χ0) is 11.4. The molecule has 1 fully saturated rings. The fourth-order valence-electron chi connectivity index (χ4n) is 2.07. The van der Waals surface area contributed by atoms with E-state index < -0.39 is 0 Å². The van der Waals surface area contributed by atoms with Crippen molar-refractivity contribution in [2.24, 2.45) is 0 Å². The summed E-state index contributed by atoms with van der Waals surface area (Å²) in [5.41, 5.74) is 0.823. The smallest absolute Gasteiger partial charge is 0.270 e. The van der Waals surface area contributed by atoms with Gasteiger partial charge in [0.2, 0.25) is 0 Å². The summed E-state index contributed by atoms with van der Waals surface area (Å²) in [4.78, 5) is 14.2. The van der Waals surface area contributed by atoms with Crippen LogP contribution in [0.3, 0.4) is 0 Å². The third-order valence-electron chi connectivity index (χ3n) is 2.92. The molecule has 0 spiro atoms. The highest BCUT2D eigenvalue weighted by Crippen LogP contribution is 2.08. The lowest BCUT2D eigenvalue weighted by Gasteiger charge is -2.27. The Morgan fingerprint density at radius 1 is 1.44 bits per heavy atom. The van der Waals surface area contributed by atoms with Gasteiger partial charge in [0, 0.05) is 38.9 Å². The zero-order valence-electron chi connectivity index (χ0n) is 9.78. The Balaban J connectivity index is 2.09. The van der Waals surface area contributed by atoms with E-state index in [9.17, 15) is 4.79 Å². The second-order valence-electron chi connectivity index (χ2n) is 4.13. The molecule has 2 heterocycles. The standard InChI is InChI=1S/C12H19N3O/c1-2-7-14-8-3-4-11(14)12(16)15-9-5-13-6-10-15/h3-4,8,13H,2,5-7,9-10H2,1H3. The first-order valence-electron chi connectivity index (χ1n) is 5.98. The number of nitrogens with zero attached hydrogens (tertiary/aromatic N) is 2. The zero-order valence-corrected chi connectivity index (χ0v) is 9.78. The molecule has 0 atom stereocenters. The van der Waals surface area contributed by atoms with Gasteiger partial charge in [-0.25, -0.2) is 0 Å². The number of carbonyl (C=O) groups is 1. The van der Waals surface area contributed by atoms with Gasteiger partial charge in [-0.1, -0.05) is 6.92 Å². The molecule has 1 aromatic rings. The summed E-state index contributed by atoms with van der Waals surface area (Å²) in [6, 6.07) is 3.87. The molecule has 1 saturated heterocycles. The molecule has 4 nitrogen and oxygen atoms in total. The molecule has 0 bridgehead atoms. The molecule has 0 aliphatic carbocycles. The number of hydrogen-bond donors (Lipinski definition) is 1. The predicted molar refractivity (Wildman–Crippen MR) is 63.5 cm³/mol. The Bertz CT molecular complexity index is 353. The van der Waals surface area contributed by atoms with E-state index in [4.69, 9.17) is 0 Å². The van der Waals surface area contributed by atoms with Crippen LogP contribution in [0.25, 0.3) is 0 Å². The van der Waals surface area contributed by atoms with Gasteiger partial charge in [0.1, 0.15) is 5.69 Å². The van der Waals surface area contributed by atoms with E-state index in [2.05, 4.69) is 12.2 Å². The van der Waals surface area contributed by atoms with Crippen molar-refractivity contribution in [2.75, 3.05) is 26.2 Å². The van der Waals surface area contributed by atoms with Gasteiger partial charge in [0.15, 0.2) is 0 Å². The summed E-state index contributed by atoms with van der Waals surface area (Å²) in [6.45, 7) is 6.48. The SMILES string of the molecule is CCCn1cccc1C(=O)N1CCNCC1. The van der Waals surface area contributed by atoms with Gasteiger partial charge in [0.05, 0.1) is 0 Å². The summed E-state index contributed by atoms with van der Waals surface area (Å²) in [5.74, 6) is 0.167. The maximum absolute atomic E-state index is 12.2. The Hall–Kier alpha value is -1.29. The Morgan fingerprint density at radius 2 is 2.19 bits per heavy atom. The minimum absolute atomic E-state index is 0.167. The molecule has 88 valence electrons. The van der Waals surface area contributed by atoms with Crippen LogP contribution in [-0.4, -0.2) is 41.6 Å². The van der Waals surface area contributed by atoms with Crippen LogP contribution in [0.2, 0.25) is 0 Å². The van der Waals surface area contributed by atoms with Crippen LogP contribution in [0.15, 0.2) is 18.3 Å². The van der Waals surface area contributed by atoms with Crippen molar-refractivity contribution in [1.82, 2.24) is 14.8 Å². The molecule has 1 aliphatic rings. The summed E-state index contributed by atoms with van der Waals surface area (Å²) >= 11 is 0. The van der Waals surface area contributed by atoms with Crippen LogP contribution in [0.4, 0.5) is 0 Å². The fourth-order valence-corrected chi connectivity index (χ4v) is 2.07. The maximum Gasteiger partial charge on any atom is 0.270 e. The lowest BCUT2D eigenvalue weighted by Crippen LogP contribution is -2.46. The highest BCUT2D eigenvalue weighted by atomic mass is 16.2. The highest BCUT2D eigenvalue weighted by Gasteiger charge is 2.19. The van der Waals surface area contributed by atoms with Gasteiger partial charge in [0.25, 0.3) is 5.91 Å². The number of rotatable bonds is 3. The van der Waals surface area contributed by atoms with E-state index in [0.717, 1.165) is 44.8 Å². The first-order valence-corrected chi connectivity index (χ1v) is 5.98. The number of amides is 1. The Kier molecular flexibility index (Phi) is 3.62. The summed E-state index contributed by atoms with van der Waals surface area (Å²) in [5, 5.41) is 3.25. The minimum atomic E-state index is 0.167. The topological polar surface area (TPSA) is 37.3 Å². The molecule has 4 heteroatoms. The first kappa shape index (κ1) is 11.2. The van der Waals surface area contributed by atoms with Gasteiger partial charge < -0.3 is 14.8 Å². The monoisotopic (exact) mass is 221 g/mol. The van der Waals surface area contributed by atoms with Crippen molar-refractivity contribution in [3.05, 3.63) is 24.0 Å². The number of aromatic nitrogens is 1. The van der Waals surface area contributed by atoms with E-state index in [-0.39, 0.29) is 5.91 Å². The average molecular weight is 221 g/mol. The molecule has 2 rings (SSSR count). The van der Waals surface area contributed by atoms with Crippen molar-refractivity contribution in [2.45, 2.75) is 19.9 Å².